The smallest absolute Gasteiger partial charge is 0.354 e. The standard InChI is InChI=1S/C25H23F6N9/c1-39(2)15-4-3-9-40(13-15)20-10-16(25(29,30)31)21(38-37-20)18-12-34-22-17(7-8-32-23(22)36-18)35-19-6-5-14(11-33-19)24(26,27)28/h5-8,10-12,15H,3-4,9,13H2,1-2H3,(H,32,33,35,36). The minimum Gasteiger partial charge on any atom is -0.354 e. The van der Waals surface area contributed by atoms with Gasteiger partial charge in [0.1, 0.15) is 22.7 Å². The van der Waals surface area contributed by atoms with E-state index in [-0.39, 0.29) is 34.5 Å². The van der Waals surface area contributed by atoms with Gasteiger partial charge in [-0.15, -0.1) is 10.2 Å². The molecule has 15 heteroatoms. The Balaban J connectivity index is 1.47. The zero-order valence-corrected chi connectivity index (χ0v) is 21.3. The number of hydrogen-bond donors (Lipinski definition) is 1. The summed E-state index contributed by atoms with van der Waals surface area (Å²) in [6, 6.07) is 4.67. The molecule has 0 aromatic carbocycles. The summed E-state index contributed by atoms with van der Waals surface area (Å²) >= 11 is 0. The van der Waals surface area contributed by atoms with Crippen LogP contribution in [0.4, 0.5) is 43.7 Å². The molecular weight excluding hydrogens is 540 g/mol. The van der Waals surface area contributed by atoms with Gasteiger partial charge in [0.05, 0.1) is 23.0 Å². The van der Waals surface area contributed by atoms with E-state index < -0.39 is 29.2 Å². The Morgan fingerprint density at radius 3 is 2.42 bits per heavy atom. The molecule has 0 radical (unpaired) electrons. The topological polar surface area (TPSA) is 95.8 Å². The van der Waals surface area contributed by atoms with Crippen molar-refractivity contribution in [1.82, 2.24) is 35.0 Å². The van der Waals surface area contributed by atoms with Crippen molar-refractivity contribution < 1.29 is 26.3 Å². The predicted octanol–water partition coefficient (Wildman–Crippen LogP) is 5.19. The highest BCUT2D eigenvalue weighted by molar-refractivity contribution is 5.87. The monoisotopic (exact) mass is 563 g/mol. The van der Waals surface area contributed by atoms with Gasteiger partial charge in [-0.2, -0.15) is 26.3 Å². The molecule has 1 unspecified atom stereocenters. The Labute approximate surface area is 224 Å². The summed E-state index contributed by atoms with van der Waals surface area (Å²) in [5.74, 6) is 0.228. The second kappa shape index (κ2) is 10.4. The molecule has 5 rings (SSSR count). The summed E-state index contributed by atoms with van der Waals surface area (Å²) < 4.78 is 81.0. The Morgan fingerprint density at radius 2 is 1.75 bits per heavy atom. The van der Waals surface area contributed by atoms with Crippen LogP contribution in [-0.2, 0) is 12.4 Å². The molecule has 1 saturated heterocycles. The number of alkyl halides is 6. The van der Waals surface area contributed by atoms with E-state index in [1.54, 1.807) is 4.90 Å². The van der Waals surface area contributed by atoms with Crippen molar-refractivity contribution in [1.29, 1.82) is 0 Å². The van der Waals surface area contributed by atoms with Crippen LogP contribution in [0.15, 0.2) is 42.9 Å². The van der Waals surface area contributed by atoms with E-state index in [4.69, 9.17) is 0 Å². The Hall–Kier alpha value is -4.14. The van der Waals surface area contributed by atoms with Crippen LogP contribution in [0.2, 0.25) is 0 Å². The first-order valence-electron chi connectivity index (χ1n) is 12.2. The lowest BCUT2D eigenvalue weighted by Gasteiger charge is -2.36. The van der Waals surface area contributed by atoms with E-state index >= 15 is 0 Å². The van der Waals surface area contributed by atoms with Gasteiger partial charge in [-0.3, -0.25) is 0 Å². The van der Waals surface area contributed by atoms with E-state index in [0.717, 1.165) is 37.2 Å². The number of rotatable bonds is 5. The minimum atomic E-state index is -4.74. The van der Waals surface area contributed by atoms with Crippen LogP contribution in [-0.4, -0.2) is 68.3 Å². The van der Waals surface area contributed by atoms with Gasteiger partial charge < -0.3 is 15.1 Å². The van der Waals surface area contributed by atoms with Gasteiger partial charge in [0.25, 0.3) is 0 Å². The van der Waals surface area contributed by atoms with Crippen LogP contribution in [0.1, 0.15) is 24.0 Å². The van der Waals surface area contributed by atoms with Crippen molar-refractivity contribution in [2.24, 2.45) is 0 Å². The van der Waals surface area contributed by atoms with Gasteiger partial charge in [0.15, 0.2) is 11.5 Å². The highest BCUT2D eigenvalue weighted by atomic mass is 19.4. The number of nitrogens with one attached hydrogen (secondary N) is 1. The molecule has 0 spiro atoms. The average Bonchev–Trinajstić information content (AvgIpc) is 2.92. The fourth-order valence-electron chi connectivity index (χ4n) is 4.43. The quantitative estimate of drug-likeness (QED) is 0.329. The lowest BCUT2D eigenvalue weighted by atomic mass is 10.0. The number of anilines is 3. The molecular formula is C25H23F6N9. The first-order chi connectivity index (χ1) is 18.9. The number of hydrogen-bond acceptors (Lipinski definition) is 9. The highest BCUT2D eigenvalue weighted by Gasteiger charge is 2.37. The van der Waals surface area contributed by atoms with Crippen LogP contribution >= 0.6 is 0 Å². The summed E-state index contributed by atoms with van der Waals surface area (Å²) in [7, 11) is 3.86. The molecule has 9 nitrogen and oxygen atoms in total. The van der Waals surface area contributed by atoms with E-state index in [2.05, 4.69) is 35.5 Å². The normalized spacial score (nSPS) is 16.5. The van der Waals surface area contributed by atoms with Gasteiger partial charge in [0.2, 0.25) is 0 Å². The summed E-state index contributed by atoms with van der Waals surface area (Å²) in [5.41, 5.74) is -2.10. The summed E-state index contributed by atoms with van der Waals surface area (Å²) in [5, 5.41) is 10.8. The van der Waals surface area contributed by atoms with Crippen LogP contribution in [0.5, 0.6) is 0 Å². The van der Waals surface area contributed by atoms with Crippen molar-refractivity contribution in [3.05, 3.63) is 54.0 Å². The lowest BCUT2D eigenvalue weighted by molar-refractivity contribution is -0.138. The molecule has 0 bridgehead atoms. The maximum atomic E-state index is 14.2. The predicted molar refractivity (Wildman–Crippen MR) is 135 cm³/mol. The molecule has 0 aliphatic carbocycles. The fraction of sp³-hybridized carbons (Fsp3) is 0.360. The number of nitrogens with zero attached hydrogens (tertiary/aromatic N) is 8. The molecule has 1 N–H and O–H groups in total. The van der Waals surface area contributed by atoms with Crippen molar-refractivity contribution in [3.8, 4) is 11.4 Å². The third-order valence-electron chi connectivity index (χ3n) is 6.58. The van der Waals surface area contributed by atoms with Gasteiger partial charge in [-0.05, 0) is 51.2 Å². The summed E-state index contributed by atoms with van der Waals surface area (Å²) in [6.45, 7) is 1.10. The molecule has 1 fully saturated rings. The van der Waals surface area contributed by atoms with E-state index in [0.29, 0.717) is 25.0 Å². The average molecular weight is 564 g/mol. The van der Waals surface area contributed by atoms with Crippen LogP contribution in [0, 0.1) is 0 Å². The molecule has 0 amide bonds. The van der Waals surface area contributed by atoms with Crippen LogP contribution in [0.3, 0.4) is 0 Å². The van der Waals surface area contributed by atoms with E-state index in [1.165, 1.54) is 12.3 Å². The zero-order valence-electron chi connectivity index (χ0n) is 21.3. The molecule has 40 heavy (non-hydrogen) atoms. The number of pyridine rings is 2. The maximum Gasteiger partial charge on any atom is 0.418 e. The van der Waals surface area contributed by atoms with Crippen LogP contribution < -0.4 is 10.2 Å². The van der Waals surface area contributed by atoms with Crippen molar-refractivity contribution >= 4 is 28.5 Å². The van der Waals surface area contributed by atoms with Crippen molar-refractivity contribution in [2.45, 2.75) is 31.2 Å². The van der Waals surface area contributed by atoms with Gasteiger partial charge in [0, 0.05) is 31.5 Å². The number of fused-ring (bicyclic) bond motifs is 1. The summed E-state index contributed by atoms with van der Waals surface area (Å²) in [6.07, 6.45) is -4.38. The molecule has 0 saturated carbocycles. The maximum absolute atomic E-state index is 14.2. The van der Waals surface area contributed by atoms with Gasteiger partial charge >= 0.3 is 12.4 Å². The lowest BCUT2D eigenvalue weighted by Crippen LogP contribution is -2.45. The highest BCUT2D eigenvalue weighted by Crippen LogP contribution is 2.37. The second-order valence-corrected chi connectivity index (χ2v) is 9.51. The van der Waals surface area contributed by atoms with Crippen molar-refractivity contribution in [2.75, 3.05) is 37.4 Å². The molecule has 1 aliphatic rings. The molecule has 4 aromatic rings. The van der Waals surface area contributed by atoms with Crippen molar-refractivity contribution in [3.63, 3.8) is 0 Å². The Bertz CT molecular complexity index is 1510. The third-order valence-corrected chi connectivity index (χ3v) is 6.58. The molecule has 4 aromatic heterocycles. The molecule has 210 valence electrons. The first kappa shape index (κ1) is 27.4. The second-order valence-electron chi connectivity index (χ2n) is 9.51. The molecule has 1 atom stereocenters. The van der Waals surface area contributed by atoms with E-state index in [1.807, 2.05) is 19.0 Å². The third kappa shape index (κ3) is 5.73. The zero-order chi connectivity index (χ0) is 28.7. The number of piperidine rings is 1. The SMILES string of the molecule is CN(C)C1CCCN(c2cc(C(F)(F)F)c(-c3cnc4c(Nc5ccc(C(F)(F)F)cn5)ccnc4n3)nn2)C1. The first-order valence-corrected chi connectivity index (χ1v) is 12.2. The molecule has 5 heterocycles. The molecule has 1 aliphatic heterocycles. The fourth-order valence-corrected chi connectivity index (χ4v) is 4.43. The van der Waals surface area contributed by atoms with Gasteiger partial charge in [-0.1, -0.05) is 0 Å². The number of likely N-dealkylation sites (N-methyl/N-ethyl adjacent to an activating group) is 1. The van der Waals surface area contributed by atoms with E-state index in [9.17, 15) is 26.3 Å². The Morgan fingerprint density at radius 1 is 0.950 bits per heavy atom. The Kier molecular flexibility index (Phi) is 7.16. The van der Waals surface area contributed by atoms with Crippen LogP contribution in [0.25, 0.3) is 22.6 Å². The number of halogens is 6. The van der Waals surface area contributed by atoms with Gasteiger partial charge in [-0.25, -0.2) is 19.9 Å². The largest absolute Gasteiger partial charge is 0.418 e. The summed E-state index contributed by atoms with van der Waals surface area (Å²) in [4.78, 5) is 20.2. The minimum absolute atomic E-state index is 0.00160. The number of aromatic nitrogens is 6.